The predicted octanol–water partition coefficient (Wildman–Crippen LogP) is 3.71. The van der Waals surface area contributed by atoms with E-state index in [-0.39, 0.29) is 29.6 Å². The first-order valence-corrected chi connectivity index (χ1v) is 14.7. The van der Waals surface area contributed by atoms with Gasteiger partial charge in [0, 0.05) is 37.5 Å². The highest BCUT2D eigenvalue weighted by Crippen LogP contribution is 2.67. The van der Waals surface area contributed by atoms with Gasteiger partial charge in [0.1, 0.15) is 6.10 Å². The average molecular weight is 489 g/mol. The summed E-state index contributed by atoms with van der Waals surface area (Å²) >= 11 is 0. The number of ether oxygens (including phenoxy) is 2. The molecule has 2 aliphatic heterocycles. The minimum atomic E-state index is -0.198. The van der Waals surface area contributed by atoms with Crippen LogP contribution < -0.4 is 0 Å². The van der Waals surface area contributed by atoms with Crippen LogP contribution in [0.4, 0.5) is 0 Å². The van der Waals surface area contributed by atoms with Crippen LogP contribution in [0.25, 0.3) is 0 Å². The summed E-state index contributed by atoms with van der Waals surface area (Å²) < 4.78 is 11.8. The van der Waals surface area contributed by atoms with Gasteiger partial charge in [-0.15, -0.1) is 0 Å². The molecule has 0 amide bonds. The van der Waals surface area contributed by atoms with Crippen LogP contribution in [-0.4, -0.2) is 84.6 Å². The lowest BCUT2D eigenvalue weighted by Crippen LogP contribution is -2.61. The number of esters is 1. The molecule has 0 bridgehead atoms. The SMILES string of the molecule is CC(=O)O[C@H]1[C@@H](N2CCCC2)C[C@H]2[C@@H]3CC[C@H]4C[C@H](O)[C@H](N5CCOCC5)C[C@]4(C)[C@H]3CC[C@@]21C. The lowest BCUT2D eigenvalue weighted by atomic mass is 9.44. The molecule has 198 valence electrons. The maximum Gasteiger partial charge on any atom is 0.302 e. The standard InChI is InChI=1S/C29H48N2O4/c1-19(32)35-27-24(30-10-4-5-11-30)17-23-21-7-6-20-16-26(33)25(31-12-14-34-15-13-31)18-29(20,3)22(21)8-9-28(23,27)2/h20-27,33H,4-18H2,1-3H3/t20-,21+,22-,23-,24-,25+,26-,27-,28-,29-/m0/s1. The number of hydrogen-bond donors (Lipinski definition) is 1. The van der Waals surface area contributed by atoms with Crippen LogP contribution in [0.15, 0.2) is 0 Å². The number of fused-ring (bicyclic) bond motifs is 5. The molecule has 6 fully saturated rings. The highest BCUT2D eigenvalue weighted by atomic mass is 16.5. The molecule has 0 aromatic carbocycles. The van der Waals surface area contributed by atoms with Gasteiger partial charge in [0.15, 0.2) is 0 Å². The van der Waals surface area contributed by atoms with Crippen LogP contribution in [0.3, 0.4) is 0 Å². The number of aliphatic hydroxyl groups excluding tert-OH is 1. The number of carbonyl (C=O) groups excluding carboxylic acids is 1. The number of carbonyl (C=O) groups is 1. The molecule has 10 atom stereocenters. The van der Waals surface area contributed by atoms with E-state index < -0.39 is 0 Å². The van der Waals surface area contributed by atoms with Gasteiger partial charge in [-0.25, -0.2) is 0 Å². The van der Waals surface area contributed by atoms with Crippen LogP contribution in [0.5, 0.6) is 0 Å². The van der Waals surface area contributed by atoms with Crippen LogP contribution >= 0.6 is 0 Å². The van der Waals surface area contributed by atoms with Crippen molar-refractivity contribution in [3.05, 3.63) is 0 Å². The Bertz CT molecular complexity index is 796. The Morgan fingerprint density at radius 1 is 0.914 bits per heavy atom. The molecule has 6 aliphatic rings. The second-order valence-corrected chi connectivity index (χ2v) is 13.5. The van der Waals surface area contributed by atoms with E-state index in [1.54, 1.807) is 6.92 Å². The molecule has 0 spiro atoms. The zero-order chi connectivity index (χ0) is 24.4. The van der Waals surface area contributed by atoms with Gasteiger partial charge >= 0.3 is 5.97 Å². The topological polar surface area (TPSA) is 62.2 Å². The Labute approximate surface area is 212 Å². The van der Waals surface area contributed by atoms with Gasteiger partial charge in [-0.1, -0.05) is 13.8 Å². The Morgan fingerprint density at radius 2 is 1.63 bits per heavy atom. The monoisotopic (exact) mass is 488 g/mol. The molecule has 6 heteroatoms. The van der Waals surface area contributed by atoms with Crippen molar-refractivity contribution in [3.63, 3.8) is 0 Å². The summed E-state index contributed by atoms with van der Waals surface area (Å²) in [5, 5.41) is 11.2. The first-order valence-electron chi connectivity index (χ1n) is 14.7. The Balaban J connectivity index is 1.27. The van der Waals surface area contributed by atoms with E-state index in [2.05, 4.69) is 23.6 Å². The molecule has 4 saturated carbocycles. The molecule has 6 nitrogen and oxygen atoms in total. The smallest absolute Gasteiger partial charge is 0.302 e. The lowest BCUT2D eigenvalue weighted by molar-refractivity contribution is -0.172. The molecule has 35 heavy (non-hydrogen) atoms. The summed E-state index contributed by atoms with van der Waals surface area (Å²) in [6.45, 7) is 12.5. The van der Waals surface area contributed by atoms with E-state index in [0.717, 1.165) is 64.1 Å². The minimum Gasteiger partial charge on any atom is -0.460 e. The number of aliphatic hydroxyl groups is 1. The largest absolute Gasteiger partial charge is 0.460 e. The van der Waals surface area contributed by atoms with Crippen LogP contribution in [0.2, 0.25) is 0 Å². The van der Waals surface area contributed by atoms with E-state index in [0.29, 0.717) is 23.3 Å². The molecule has 2 saturated heterocycles. The molecule has 0 unspecified atom stereocenters. The third-order valence-corrected chi connectivity index (χ3v) is 12.0. The fraction of sp³-hybridized carbons (Fsp3) is 0.966. The van der Waals surface area contributed by atoms with Gasteiger partial charge in [0.25, 0.3) is 0 Å². The van der Waals surface area contributed by atoms with Crippen molar-refractivity contribution in [2.75, 3.05) is 39.4 Å². The molecule has 0 radical (unpaired) electrons. The summed E-state index contributed by atoms with van der Waals surface area (Å²) in [5.74, 6) is 2.63. The van der Waals surface area contributed by atoms with Crippen LogP contribution in [0, 0.1) is 34.5 Å². The number of morpholine rings is 1. The zero-order valence-corrected chi connectivity index (χ0v) is 22.3. The van der Waals surface area contributed by atoms with Gasteiger partial charge in [-0.05, 0) is 100.0 Å². The second-order valence-electron chi connectivity index (χ2n) is 13.5. The van der Waals surface area contributed by atoms with Gasteiger partial charge in [0.2, 0.25) is 0 Å². The highest BCUT2D eigenvalue weighted by Gasteiger charge is 2.65. The van der Waals surface area contributed by atoms with Crippen molar-refractivity contribution in [1.82, 2.24) is 9.80 Å². The Kier molecular flexibility index (Phi) is 6.51. The molecule has 4 aliphatic carbocycles. The van der Waals surface area contributed by atoms with Crippen molar-refractivity contribution in [2.45, 2.75) is 103 Å². The normalized spacial score (nSPS) is 50.9. The molecule has 2 heterocycles. The maximum atomic E-state index is 12.2. The van der Waals surface area contributed by atoms with Gasteiger partial charge in [-0.3, -0.25) is 14.6 Å². The van der Waals surface area contributed by atoms with Crippen molar-refractivity contribution in [3.8, 4) is 0 Å². The van der Waals surface area contributed by atoms with Gasteiger partial charge < -0.3 is 14.6 Å². The van der Waals surface area contributed by atoms with E-state index >= 15 is 0 Å². The van der Waals surface area contributed by atoms with Crippen molar-refractivity contribution >= 4 is 5.97 Å². The molecular formula is C29H48N2O4. The van der Waals surface area contributed by atoms with Gasteiger partial charge in [-0.2, -0.15) is 0 Å². The van der Waals surface area contributed by atoms with Crippen LogP contribution in [0.1, 0.15) is 78.6 Å². The molecule has 1 N–H and O–H groups in total. The second kappa shape index (κ2) is 9.25. The summed E-state index contributed by atoms with van der Waals surface area (Å²) in [6.07, 6.45) is 10.7. The maximum absolute atomic E-state index is 12.2. The van der Waals surface area contributed by atoms with E-state index in [4.69, 9.17) is 9.47 Å². The zero-order valence-electron chi connectivity index (χ0n) is 22.3. The van der Waals surface area contributed by atoms with E-state index in [9.17, 15) is 9.90 Å². The predicted molar refractivity (Wildman–Crippen MR) is 135 cm³/mol. The van der Waals surface area contributed by atoms with Crippen molar-refractivity contribution in [1.29, 1.82) is 0 Å². The summed E-state index contributed by atoms with van der Waals surface area (Å²) in [5.41, 5.74) is 0.399. The fourth-order valence-corrected chi connectivity index (χ4v) is 10.3. The average Bonchev–Trinajstić information content (AvgIpc) is 3.46. The summed E-state index contributed by atoms with van der Waals surface area (Å²) in [4.78, 5) is 17.4. The summed E-state index contributed by atoms with van der Waals surface area (Å²) in [6, 6.07) is 0.678. The third kappa shape index (κ3) is 4.00. The Morgan fingerprint density at radius 3 is 2.34 bits per heavy atom. The van der Waals surface area contributed by atoms with E-state index in [1.165, 1.54) is 44.9 Å². The molecule has 0 aromatic rings. The molecule has 0 aromatic heterocycles. The van der Waals surface area contributed by atoms with Crippen molar-refractivity contribution < 1.29 is 19.4 Å². The highest BCUT2D eigenvalue weighted by molar-refractivity contribution is 5.66. The lowest BCUT2D eigenvalue weighted by Gasteiger charge is -2.62. The number of nitrogens with zero attached hydrogens (tertiary/aromatic N) is 2. The quantitative estimate of drug-likeness (QED) is 0.611. The van der Waals surface area contributed by atoms with E-state index in [1.807, 2.05) is 0 Å². The van der Waals surface area contributed by atoms with Crippen molar-refractivity contribution in [2.24, 2.45) is 34.5 Å². The number of hydrogen-bond acceptors (Lipinski definition) is 6. The van der Waals surface area contributed by atoms with Crippen LogP contribution in [-0.2, 0) is 14.3 Å². The number of rotatable bonds is 3. The summed E-state index contributed by atoms with van der Waals surface area (Å²) in [7, 11) is 0. The Hall–Kier alpha value is -0.690. The fourth-order valence-electron chi connectivity index (χ4n) is 10.3. The minimum absolute atomic E-state index is 0.0452. The third-order valence-electron chi connectivity index (χ3n) is 12.0. The van der Waals surface area contributed by atoms with Gasteiger partial charge in [0.05, 0.1) is 19.3 Å². The first kappa shape index (κ1) is 24.6. The molecule has 6 rings (SSSR count). The number of likely N-dealkylation sites (tertiary alicyclic amines) is 1. The first-order chi connectivity index (χ1) is 16.8. The molecular weight excluding hydrogens is 440 g/mol.